The van der Waals surface area contributed by atoms with Crippen LogP contribution in [0.1, 0.15) is 12.8 Å². The Balaban J connectivity index is 1.12. The number of rotatable bonds is 5. The Bertz CT molecular complexity index is 936. The molecule has 3 atom stereocenters. The second-order valence-corrected chi connectivity index (χ2v) is 9.40. The van der Waals surface area contributed by atoms with Crippen molar-refractivity contribution in [2.24, 2.45) is 17.8 Å². The highest BCUT2D eigenvalue weighted by Gasteiger charge is 2.36. The highest BCUT2D eigenvalue weighted by molar-refractivity contribution is 9.10. The number of amides is 1. The van der Waals surface area contributed by atoms with Crippen molar-refractivity contribution in [1.82, 2.24) is 9.80 Å². The molecule has 0 aromatic heterocycles. The number of hydrogen-bond donors (Lipinski definition) is 0. The summed E-state index contributed by atoms with van der Waals surface area (Å²) < 4.78 is 6.78. The molecule has 152 valence electrons. The van der Waals surface area contributed by atoms with Gasteiger partial charge in [-0.15, -0.1) is 0 Å². The van der Waals surface area contributed by atoms with Gasteiger partial charge in [0.2, 0.25) is 0 Å². The third kappa shape index (κ3) is 3.95. The molecule has 2 aromatic rings. The van der Waals surface area contributed by atoms with E-state index >= 15 is 0 Å². The SMILES string of the molecule is O=C(COc1ccc2ccccc2c1Br)N1CCN(CC2CC3C=CC2C3)CC1. The Labute approximate surface area is 180 Å². The molecule has 29 heavy (non-hydrogen) atoms. The maximum absolute atomic E-state index is 12.7. The summed E-state index contributed by atoms with van der Waals surface area (Å²) >= 11 is 3.63. The minimum absolute atomic E-state index is 0.0764. The molecule has 1 saturated carbocycles. The normalized spacial score (nSPS) is 26.4. The van der Waals surface area contributed by atoms with Crippen LogP contribution in [0.4, 0.5) is 0 Å². The van der Waals surface area contributed by atoms with Crippen molar-refractivity contribution in [2.45, 2.75) is 12.8 Å². The first kappa shape index (κ1) is 19.1. The zero-order valence-corrected chi connectivity index (χ0v) is 18.2. The van der Waals surface area contributed by atoms with E-state index in [0.29, 0.717) is 0 Å². The molecule has 1 heterocycles. The first-order chi connectivity index (χ1) is 14.2. The van der Waals surface area contributed by atoms with E-state index in [-0.39, 0.29) is 12.5 Å². The third-order valence-corrected chi connectivity index (χ3v) is 7.63. The van der Waals surface area contributed by atoms with Crippen LogP contribution in [-0.2, 0) is 4.79 Å². The smallest absolute Gasteiger partial charge is 0.260 e. The Morgan fingerprint density at radius 2 is 1.86 bits per heavy atom. The second kappa shape index (κ2) is 8.11. The fraction of sp³-hybridized carbons (Fsp3) is 0.458. The van der Waals surface area contributed by atoms with Crippen molar-refractivity contribution in [2.75, 3.05) is 39.3 Å². The number of hydrogen-bond acceptors (Lipinski definition) is 3. The lowest BCUT2D eigenvalue weighted by Gasteiger charge is -2.36. The largest absolute Gasteiger partial charge is 0.483 e. The molecule has 3 aliphatic rings. The Hall–Kier alpha value is -1.85. The number of piperazine rings is 1. The molecule has 1 aliphatic heterocycles. The van der Waals surface area contributed by atoms with Crippen LogP contribution in [0.3, 0.4) is 0 Å². The number of benzene rings is 2. The van der Waals surface area contributed by atoms with E-state index in [2.05, 4.69) is 45.1 Å². The summed E-state index contributed by atoms with van der Waals surface area (Å²) in [6.07, 6.45) is 7.56. The summed E-state index contributed by atoms with van der Waals surface area (Å²) in [4.78, 5) is 17.2. The predicted molar refractivity (Wildman–Crippen MR) is 119 cm³/mol. The summed E-state index contributed by atoms with van der Waals surface area (Å²) in [7, 11) is 0. The number of allylic oxidation sites excluding steroid dienone is 2. The van der Waals surface area contributed by atoms with Crippen LogP contribution >= 0.6 is 15.9 Å². The molecule has 0 spiro atoms. The van der Waals surface area contributed by atoms with Crippen LogP contribution in [0, 0.1) is 17.8 Å². The zero-order valence-electron chi connectivity index (χ0n) is 16.6. The van der Waals surface area contributed by atoms with Gasteiger partial charge in [-0.3, -0.25) is 9.69 Å². The summed E-state index contributed by atoms with van der Waals surface area (Å²) in [6.45, 7) is 4.84. The van der Waals surface area contributed by atoms with E-state index in [1.807, 2.05) is 29.2 Å². The molecule has 2 aromatic carbocycles. The van der Waals surface area contributed by atoms with E-state index in [9.17, 15) is 4.79 Å². The van der Waals surface area contributed by atoms with Crippen molar-refractivity contribution in [3.63, 3.8) is 0 Å². The highest BCUT2D eigenvalue weighted by Crippen LogP contribution is 2.43. The van der Waals surface area contributed by atoms with Crippen molar-refractivity contribution in [1.29, 1.82) is 0 Å². The molecule has 5 heteroatoms. The van der Waals surface area contributed by atoms with Gasteiger partial charge in [-0.1, -0.05) is 42.5 Å². The van der Waals surface area contributed by atoms with Crippen LogP contribution in [0.2, 0.25) is 0 Å². The topological polar surface area (TPSA) is 32.8 Å². The Kier molecular flexibility index (Phi) is 5.35. The van der Waals surface area contributed by atoms with Gasteiger partial charge in [-0.2, -0.15) is 0 Å². The quantitative estimate of drug-likeness (QED) is 0.629. The van der Waals surface area contributed by atoms with Gasteiger partial charge in [0.1, 0.15) is 5.75 Å². The summed E-state index contributed by atoms with van der Waals surface area (Å²) in [5, 5.41) is 2.25. The van der Waals surface area contributed by atoms with Crippen molar-refractivity contribution in [3.05, 3.63) is 53.0 Å². The maximum Gasteiger partial charge on any atom is 0.260 e. The molecular weight excluding hydrogens is 428 g/mol. The van der Waals surface area contributed by atoms with E-state index in [1.54, 1.807) is 0 Å². The standard InChI is InChI=1S/C24H27BrN2O2/c25-24-21-4-2-1-3-18(21)7-8-22(24)29-16-23(28)27-11-9-26(10-12-27)15-20-14-17-5-6-19(20)13-17/h1-8,17,19-20H,9-16H2. The lowest BCUT2D eigenvalue weighted by molar-refractivity contribution is -0.135. The molecule has 1 amide bonds. The predicted octanol–water partition coefficient (Wildman–Crippen LogP) is 4.34. The van der Waals surface area contributed by atoms with Crippen molar-refractivity contribution in [3.8, 4) is 5.75 Å². The van der Waals surface area contributed by atoms with Crippen molar-refractivity contribution < 1.29 is 9.53 Å². The fourth-order valence-electron chi connectivity index (χ4n) is 5.17. The monoisotopic (exact) mass is 454 g/mol. The molecule has 2 fully saturated rings. The second-order valence-electron chi connectivity index (χ2n) is 8.61. The number of halogens is 1. The average Bonchev–Trinajstić information content (AvgIpc) is 3.37. The molecule has 5 rings (SSSR count). The van der Waals surface area contributed by atoms with Crippen LogP contribution in [-0.4, -0.2) is 55.0 Å². The van der Waals surface area contributed by atoms with Gasteiger partial charge in [0, 0.05) is 32.7 Å². The molecule has 4 nitrogen and oxygen atoms in total. The first-order valence-electron chi connectivity index (χ1n) is 10.7. The van der Waals surface area contributed by atoms with E-state index in [0.717, 1.165) is 64.9 Å². The first-order valence-corrected chi connectivity index (χ1v) is 11.4. The highest BCUT2D eigenvalue weighted by atomic mass is 79.9. The fourth-order valence-corrected chi connectivity index (χ4v) is 5.78. The van der Waals surface area contributed by atoms with Crippen molar-refractivity contribution >= 4 is 32.6 Å². The molecule has 0 radical (unpaired) electrons. The van der Waals surface area contributed by atoms with Gasteiger partial charge >= 0.3 is 0 Å². The number of ether oxygens (including phenoxy) is 1. The van der Waals surface area contributed by atoms with Gasteiger partial charge in [-0.25, -0.2) is 0 Å². The Morgan fingerprint density at radius 3 is 2.62 bits per heavy atom. The summed E-state index contributed by atoms with van der Waals surface area (Å²) in [6, 6.07) is 12.1. The minimum Gasteiger partial charge on any atom is -0.483 e. The minimum atomic E-state index is 0.0764. The average molecular weight is 455 g/mol. The van der Waals surface area contributed by atoms with Crippen LogP contribution in [0.15, 0.2) is 53.0 Å². The van der Waals surface area contributed by atoms with Gasteiger partial charge in [0.25, 0.3) is 5.91 Å². The number of nitrogens with zero attached hydrogens (tertiary/aromatic N) is 2. The van der Waals surface area contributed by atoms with E-state index < -0.39 is 0 Å². The van der Waals surface area contributed by atoms with E-state index in [4.69, 9.17) is 4.74 Å². The third-order valence-electron chi connectivity index (χ3n) is 6.81. The molecular formula is C24H27BrN2O2. The Morgan fingerprint density at radius 1 is 1.03 bits per heavy atom. The summed E-state index contributed by atoms with van der Waals surface area (Å²) in [5.41, 5.74) is 0. The molecule has 2 aliphatic carbocycles. The zero-order chi connectivity index (χ0) is 19.8. The van der Waals surface area contributed by atoms with Gasteiger partial charge < -0.3 is 9.64 Å². The molecule has 1 saturated heterocycles. The van der Waals surface area contributed by atoms with Crippen LogP contribution < -0.4 is 4.74 Å². The number of fused-ring (bicyclic) bond motifs is 3. The lowest BCUT2D eigenvalue weighted by atomic mass is 9.93. The van der Waals surface area contributed by atoms with E-state index in [1.165, 1.54) is 19.4 Å². The number of carbonyl (C=O) groups excluding carboxylic acids is 1. The van der Waals surface area contributed by atoms with Gasteiger partial charge in [0.15, 0.2) is 6.61 Å². The van der Waals surface area contributed by atoms with Crippen LogP contribution in [0.5, 0.6) is 5.75 Å². The van der Waals surface area contributed by atoms with Crippen LogP contribution in [0.25, 0.3) is 10.8 Å². The summed E-state index contributed by atoms with van der Waals surface area (Å²) in [5.74, 6) is 3.25. The van der Waals surface area contributed by atoms with Gasteiger partial charge in [-0.05, 0) is 63.4 Å². The molecule has 3 unspecified atom stereocenters. The molecule has 0 N–H and O–H groups in total. The lowest BCUT2D eigenvalue weighted by Crippen LogP contribution is -2.51. The number of carbonyl (C=O) groups is 1. The maximum atomic E-state index is 12.7. The van der Waals surface area contributed by atoms with Gasteiger partial charge in [0.05, 0.1) is 4.47 Å². The molecule has 2 bridgehead atoms.